The summed E-state index contributed by atoms with van der Waals surface area (Å²) in [6.07, 6.45) is -2.12. The van der Waals surface area contributed by atoms with E-state index in [-0.39, 0.29) is 31.4 Å². The monoisotopic (exact) mass is 523 g/mol. The largest absolute Gasteiger partial charge is 0.573 e. The van der Waals surface area contributed by atoms with E-state index < -0.39 is 22.9 Å². The van der Waals surface area contributed by atoms with Gasteiger partial charge in [0.25, 0.3) is 11.6 Å². The SMILES string of the molecule is O=C(NCc1ccc(OC(F)(F)F)cc1)c1cc([N+](=O)[O-])c(Sc2c(Cl)cncc2Cl)s1. The molecule has 0 saturated heterocycles. The molecule has 2 aromatic heterocycles. The van der Waals surface area contributed by atoms with Gasteiger partial charge in [-0.15, -0.1) is 24.5 Å². The quantitative estimate of drug-likeness (QED) is 0.287. The van der Waals surface area contributed by atoms with Crippen LogP contribution in [-0.2, 0) is 6.54 Å². The second-order valence-electron chi connectivity index (χ2n) is 5.95. The number of rotatable bonds is 7. The molecule has 0 aliphatic carbocycles. The van der Waals surface area contributed by atoms with Crippen LogP contribution in [0.4, 0.5) is 18.9 Å². The lowest BCUT2D eigenvalue weighted by Crippen LogP contribution is -2.21. The van der Waals surface area contributed by atoms with Gasteiger partial charge in [0.15, 0.2) is 0 Å². The van der Waals surface area contributed by atoms with E-state index in [9.17, 15) is 28.1 Å². The number of thiophene rings is 1. The smallest absolute Gasteiger partial charge is 0.406 e. The number of nitrogens with zero attached hydrogens (tertiary/aromatic N) is 2. The van der Waals surface area contributed by atoms with Gasteiger partial charge in [0.2, 0.25) is 0 Å². The Bertz CT molecular complexity index is 1140. The summed E-state index contributed by atoms with van der Waals surface area (Å²) >= 11 is 13.9. The second kappa shape index (κ2) is 9.94. The number of carbonyl (C=O) groups excluding carboxylic acids is 1. The lowest BCUT2D eigenvalue weighted by molar-refractivity contribution is -0.387. The van der Waals surface area contributed by atoms with Crippen LogP contribution < -0.4 is 10.1 Å². The first-order valence-electron chi connectivity index (χ1n) is 8.41. The molecule has 14 heteroatoms. The third-order valence-electron chi connectivity index (χ3n) is 3.71. The van der Waals surface area contributed by atoms with Crippen molar-refractivity contribution >= 4 is 57.9 Å². The molecule has 0 spiro atoms. The highest BCUT2D eigenvalue weighted by molar-refractivity contribution is 8.01. The Labute approximate surface area is 196 Å². The Morgan fingerprint density at radius 3 is 2.41 bits per heavy atom. The van der Waals surface area contributed by atoms with Crippen molar-refractivity contribution in [2.75, 3.05) is 0 Å². The first-order valence-corrected chi connectivity index (χ1v) is 10.8. The van der Waals surface area contributed by atoms with Gasteiger partial charge in [-0.2, -0.15) is 0 Å². The Hall–Kier alpha value is -2.54. The van der Waals surface area contributed by atoms with Crippen LogP contribution in [0.5, 0.6) is 5.75 Å². The molecule has 3 rings (SSSR count). The van der Waals surface area contributed by atoms with E-state index in [0.717, 1.165) is 41.3 Å². The van der Waals surface area contributed by atoms with Gasteiger partial charge in [0.1, 0.15) is 14.8 Å². The van der Waals surface area contributed by atoms with Gasteiger partial charge in [0.05, 0.1) is 19.9 Å². The zero-order valence-electron chi connectivity index (χ0n) is 15.5. The van der Waals surface area contributed by atoms with Crippen molar-refractivity contribution in [1.29, 1.82) is 0 Å². The van der Waals surface area contributed by atoms with Crippen molar-refractivity contribution in [3.63, 3.8) is 0 Å². The van der Waals surface area contributed by atoms with Gasteiger partial charge in [-0.05, 0) is 17.7 Å². The first-order chi connectivity index (χ1) is 15.0. The van der Waals surface area contributed by atoms with Crippen molar-refractivity contribution in [3.8, 4) is 5.75 Å². The zero-order valence-corrected chi connectivity index (χ0v) is 18.6. The van der Waals surface area contributed by atoms with Crippen LogP contribution in [0.25, 0.3) is 0 Å². The topological polar surface area (TPSA) is 94.4 Å². The van der Waals surface area contributed by atoms with Crippen molar-refractivity contribution in [2.24, 2.45) is 0 Å². The third-order valence-corrected chi connectivity index (χ3v) is 6.97. The molecule has 1 amide bonds. The minimum atomic E-state index is -4.80. The van der Waals surface area contributed by atoms with Crippen LogP contribution in [0.15, 0.2) is 51.8 Å². The summed E-state index contributed by atoms with van der Waals surface area (Å²) in [5.74, 6) is -0.982. The molecule has 0 fully saturated rings. The van der Waals surface area contributed by atoms with Crippen LogP contribution in [-0.4, -0.2) is 22.2 Å². The predicted molar refractivity (Wildman–Crippen MR) is 114 cm³/mol. The molecule has 2 heterocycles. The number of carbonyl (C=O) groups is 1. The molecule has 1 aromatic carbocycles. The fourth-order valence-electron chi connectivity index (χ4n) is 2.35. The number of aromatic nitrogens is 1. The predicted octanol–water partition coefficient (Wildman–Crippen LogP) is 6.34. The number of amides is 1. The Balaban J connectivity index is 1.72. The molecule has 7 nitrogen and oxygen atoms in total. The number of hydrogen-bond donors (Lipinski definition) is 1. The van der Waals surface area contributed by atoms with Gasteiger partial charge >= 0.3 is 6.36 Å². The van der Waals surface area contributed by atoms with E-state index in [1.807, 2.05) is 0 Å². The minimum absolute atomic E-state index is 0.0126. The van der Waals surface area contributed by atoms with Gasteiger partial charge in [-0.3, -0.25) is 19.9 Å². The van der Waals surface area contributed by atoms with Crippen molar-refractivity contribution in [1.82, 2.24) is 10.3 Å². The van der Waals surface area contributed by atoms with E-state index in [4.69, 9.17) is 23.2 Å². The molecular weight excluding hydrogens is 514 g/mol. The van der Waals surface area contributed by atoms with Crippen molar-refractivity contribution < 1.29 is 27.6 Å². The molecule has 168 valence electrons. The maximum Gasteiger partial charge on any atom is 0.573 e. The minimum Gasteiger partial charge on any atom is -0.406 e. The summed E-state index contributed by atoms with van der Waals surface area (Å²) in [4.78, 5) is 27.5. The Morgan fingerprint density at radius 1 is 1.22 bits per heavy atom. The summed E-state index contributed by atoms with van der Waals surface area (Å²) < 4.78 is 40.6. The second-order valence-corrected chi connectivity index (χ2v) is 9.09. The maximum absolute atomic E-state index is 12.5. The van der Waals surface area contributed by atoms with Crippen LogP contribution in [0, 0.1) is 10.1 Å². The van der Waals surface area contributed by atoms with Crippen molar-refractivity contribution in [3.05, 3.63) is 73.3 Å². The van der Waals surface area contributed by atoms with Crippen molar-refractivity contribution in [2.45, 2.75) is 22.0 Å². The molecule has 0 aliphatic rings. The van der Waals surface area contributed by atoms with E-state index in [1.165, 1.54) is 24.5 Å². The number of pyridine rings is 1. The van der Waals surface area contributed by atoms with E-state index in [0.29, 0.717) is 10.5 Å². The Morgan fingerprint density at radius 2 is 1.84 bits per heavy atom. The zero-order chi connectivity index (χ0) is 23.5. The molecule has 0 saturated carbocycles. The standard InChI is InChI=1S/C18H10Cl2F3N3O4S2/c19-11-7-24-8-12(20)15(11)32-17-13(26(28)29)5-14(31-17)16(27)25-6-9-1-3-10(4-2-9)30-18(21,22)23/h1-5,7-8H,6H2,(H,25,27). The normalized spacial score (nSPS) is 11.3. The first kappa shape index (κ1) is 24.1. The van der Waals surface area contributed by atoms with Gasteiger partial charge in [-0.25, -0.2) is 0 Å². The van der Waals surface area contributed by atoms with Gasteiger partial charge in [-0.1, -0.05) is 47.1 Å². The summed E-state index contributed by atoms with van der Waals surface area (Å²) in [6.45, 7) is -0.0126. The van der Waals surface area contributed by atoms with E-state index in [2.05, 4.69) is 15.0 Å². The number of nitro groups is 1. The number of halogens is 5. The van der Waals surface area contributed by atoms with E-state index in [1.54, 1.807) is 0 Å². The lowest BCUT2D eigenvalue weighted by Gasteiger charge is -2.09. The molecule has 0 unspecified atom stereocenters. The third kappa shape index (κ3) is 6.25. The fraction of sp³-hybridized carbons (Fsp3) is 0.111. The number of ether oxygens (including phenoxy) is 1. The number of benzene rings is 1. The number of hydrogen-bond acceptors (Lipinski definition) is 7. The molecule has 0 bridgehead atoms. The fourth-order valence-corrected chi connectivity index (χ4v) is 5.12. The highest BCUT2D eigenvalue weighted by Crippen LogP contribution is 2.45. The average molecular weight is 524 g/mol. The number of nitrogens with one attached hydrogen (secondary N) is 1. The number of alkyl halides is 3. The Kier molecular flexibility index (Phi) is 7.49. The molecule has 3 aromatic rings. The molecular formula is C18H10Cl2F3N3O4S2. The van der Waals surface area contributed by atoms with Gasteiger partial charge in [0, 0.05) is 25.0 Å². The highest BCUT2D eigenvalue weighted by atomic mass is 35.5. The molecule has 0 aliphatic heterocycles. The summed E-state index contributed by atoms with van der Waals surface area (Å²) in [7, 11) is 0. The van der Waals surface area contributed by atoms with Crippen LogP contribution in [0.2, 0.25) is 10.0 Å². The highest BCUT2D eigenvalue weighted by Gasteiger charge is 2.31. The summed E-state index contributed by atoms with van der Waals surface area (Å²) in [5.41, 5.74) is 0.214. The average Bonchev–Trinajstić information content (AvgIpc) is 3.13. The van der Waals surface area contributed by atoms with Crippen LogP contribution in [0.1, 0.15) is 15.2 Å². The summed E-state index contributed by atoms with van der Waals surface area (Å²) in [5, 5.41) is 14.4. The van der Waals surface area contributed by atoms with Crippen LogP contribution in [0.3, 0.4) is 0 Å². The summed E-state index contributed by atoms with van der Waals surface area (Å²) in [6, 6.07) is 6.06. The lowest BCUT2D eigenvalue weighted by atomic mass is 10.2. The molecule has 32 heavy (non-hydrogen) atoms. The van der Waals surface area contributed by atoms with Gasteiger partial charge < -0.3 is 10.1 Å². The molecule has 0 atom stereocenters. The van der Waals surface area contributed by atoms with Crippen LogP contribution >= 0.6 is 46.3 Å². The molecule has 0 radical (unpaired) electrons. The van der Waals surface area contributed by atoms with E-state index >= 15 is 0 Å². The maximum atomic E-state index is 12.5. The molecule has 1 N–H and O–H groups in total.